The second-order valence-electron chi connectivity index (χ2n) is 4.32. The average molecular weight is 182 g/mol. The lowest BCUT2D eigenvalue weighted by Crippen LogP contribution is -2.41. The van der Waals surface area contributed by atoms with E-state index < -0.39 is 8.32 Å². The van der Waals surface area contributed by atoms with E-state index in [1.54, 1.807) is 0 Å². The summed E-state index contributed by atoms with van der Waals surface area (Å²) in [6, 6.07) is 2.79. The van der Waals surface area contributed by atoms with Crippen molar-refractivity contribution >= 4 is 8.32 Å². The maximum atomic E-state index is 6.11. The molecule has 0 spiro atoms. The topological polar surface area (TPSA) is 9.23 Å². The van der Waals surface area contributed by atoms with Crippen molar-refractivity contribution in [2.45, 2.75) is 50.7 Å². The second-order valence-corrected chi connectivity index (χ2v) is 8.43. The highest BCUT2D eigenvalue weighted by Crippen LogP contribution is 2.36. The van der Waals surface area contributed by atoms with E-state index in [1.165, 1.54) is 50.0 Å². The molecule has 1 fully saturated rings. The molecule has 2 aliphatic rings. The molecule has 0 N–H and O–H groups in total. The number of hydrogen-bond donors (Lipinski definition) is 0. The lowest BCUT2D eigenvalue weighted by molar-refractivity contribution is 0.355. The van der Waals surface area contributed by atoms with E-state index in [9.17, 15) is 0 Å². The van der Waals surface area contributed by atoms with Gasteiger partial charge < -0.3 is 4.43 Å². The fourth-order valence-corrected chi connectivity index (χ4v) is 4.37. The van der Waals surface area contributed by atoms with Crippen LogP contribution < -0.4 is 0 Å². The molecule has 0 bridgehead atoms. The van der Waals surface area contributed by atoms with Crippen molar-refractivity contribution in [2.24, 2.45) is 0 Å². The van der Waals surface area contributed by atoms with Crippen LogP contribution in [0.5, 0.6) is 0 Å². The molecule has 1 aliphatic heterocycles. The Labute approximate surface area is 75.9 Å². The van der Waals surface area contributed by atoms with Crippen LogP contribution in [-0.2, 0) is 4.43 Å². The summed E-state index contributed by atoms with van der Waals surface area (Å²) in [6.45, 7) is 2.38. The van der Waals surface area contributed by atoms with Gasteiger partial charge in [0.25, 0.3) is 0 Å². The van der Waals surface area contributed by atoms with E-state index in [4.69, 9.17) is 4.43 Å². The third kappa shape index (κ3) is 1.74. The summed E-state index contributed by atoms with van der Waals surface area (Å²) in [5, 5.41) is 0. The van der Waals surface area contributed by atoms with Gasteiger partial charge in [-0.15, -0.1) is 0 Å². The fourth-order valence-electron chi connectivity index (χ4n) is 1.99. The van der Waals surface area contributed by atoms with Crippen LogP contribution >= 0.6 is 0 Å². The van der Waals surface area contributed by atoms with Gasteiger partial charge in [0.1, 0.15) is 0 Å². The minimum absolute atomic E-state index is 1.15. The molecule has 0 aromatic heterocycles. The lowest BCUT2D eigenvalue weighted by Gasteiger charge is -2.37. The molecule has 68 valence electrons. The minimum Gasteiger partial charge on any atom is -0.547 e. The summed E-state index contributed by atoms with van der Waals surface area (Å²) in [7, 11) is -1.15. The van der Waals surface area contributed by atoms with E-state index in [0.29, 0.717) is 0 Å². The lowest BCUT2D eigenvalue weighted by atomic mass is 10.1. The molecule has 1 aliphatic carbocycles. The van der Waals surface area contributed by atoms with Gasteiger partial charge in [-0.1, -0.05) is 6.42 Å². The van der Waals surface area contributed by atoms with Crippen molar-refractivity contribution in [1.29, 1.82) is 0 Å². The van der Waals surface area contributed by atoms with Crippen LogP contribution in [0.2, 0.25) is 18.6 Å². The van der Waals surface area contributed by atoms with E-state index in [0.717, 1.165) is 0 Å². The molecule has 0 radical (unpaired) electrons. The van der Waals surface area contributed by atoms with Crippen LogP contribution in [0.3, 0.4) is 0 Å². The van der Waals surface area contributed by atoms with Gasteiger partial charge in [0, 0.05) is 6.42 Å². The Kier molecular flexibility index (Phi) is 2.26. The molecular weight excluding hydrogens is 164 g/mol. The first-order valence-corrected chi connectivity index (χ1v) is 7.99. The predicted octanol–water partition coefficient (Wildman–Crippen LogP) is 3.44. The van der Waals surface area contributed by atoms with Gasteiger partial charge in [0.2, 0.25) is 8.32 Å². The average Bonchev–Trinajstić information content (AvgIpc) is 2.04. The second kappa shape index (κ2) is 3.25. The van der Waals surface area contributed by atoms with E-state index in [-0.39, 0.29) is 0 Å². The standard InChI is InChI=1S/C10H18OSi/c1-12(8-5-9-12)11-10-6-3-2-4-7-10/h6H,2-5,7-9H2,1H3. The van der Waals surface area contributed by atoms with Crippen LogP contribution in [0.25, 0.3) is 0 Å². The van der Waals surface area contributed by atoms with Crippen LogP contribution in [0, 0.1) is 0 Å². The van der Waals surface area contributed by atoms with Crippen molar-refractivity contribution in [1.82, 2.24) is 0 Å². The molecular formula is C10H18OSi. The van der Waals surface area contributed by atoms with Gasteiger partial charge in [0.15, 0.2) is 0 Å². The smallest absolute Gasteiger partial charge is 0.247 e. The highest BCUT2D eigenvalue weighted by molar-refractivity contribution is 6.75. The first-order valence-electron chi connectivity index (χ1n) is 5.17. The zero-order chi connectivity index (χ0) is 8.44. The summed E-state index contributed by atoms with van der Waals surface area (Å²) in [5.41, 5.74) is 0. The summed E-state index contributed by atoms with van der Waals surface area (Å²) in [6.07, 6.45) is 8.90. The summed E-state index contributed by atoms with van der Waals surface area (Å²) < 4.78 is 6.11. The molecule has 0 saturated carbocycles. The highest BCUT2D eigenvalue weighted by atomic mass is 28.4. The normalized spacial score (nSPS) is 27.2. The highest BCUT2D eigenvalue weighted by Gasteiger charge is 2.38. The summed E-state index contributed by atoms with van der Waals surface area (Å²) in [4.78, 5) is 0. The minimum atomic E-state index is -1.15. The Bertz CT molecular complexity index is 194. The number of hydrogen-bond acceptors (Lipinski definition) is 1. The number of allylic oxidation sites excluding steroid dienone is 2. The van der Waals surface area contributed by atoms with Crippen molar-refractivity contribution < 1.29 is 4.43 Å². The third-order valence-electron chi connectivity index (χ3n) is 3.04. The third-order valence-corrected chi connectivity index (χ3v) is 6.62. The molecule has 0 atom stereocenters. The Hall–Kier alpha value is -0.243. The molecule has 2 rings (SSSR count). The number of rotatable bonds is 2. The zero-order valence-electron chi connectivity index (χ0n) is 7.94. The first-order chi connectivity index (χ1) is 5.79. The largest absolute Gasteiger partial charge is 0.547 e. The van der Waals surface area contributed by atoms with Crippen LogP contribution in [0.4, 0.5) is 0 Å². The Morgan fingerprint density at radius 1 is 1.25 bits per heavy atom. The summed E-state index contributed by atoms with van der Waals surface area (Å²) in [5.74, 6) is 1.33. The van der Waals surface area contributed by atoms with Gasteiger partial charge in [-0.25, -0.2) is 0 Å². The monoisotopic (exact) mass is 182 g/mol. The maximum absolute atomic E-state index is 6.11. The van der Waals surface area contributed by atoms with Gasteiger partial charge in [-0.3, -0.25) is 0 Å². The molecule has 0 aromatic carbocycles. The SMILES string of the molecule is C[Si]1(OC2=CCCCC2)CCC1. The predicted molar refractivity (Wildman–Crippen MR) is 53.5 cm³/mol. The molecule has 1 heterocycles. The Morgan fingerprint density at radius 2 is 2.08 bits per heavy atom. The zero-order valence-corrected chi connectivity index (χ0v) is 8.94. The van der Waals surface area contributed by atoms with Crippen molar-refractivity contribution in [3.8, 4) is 0 Å². The molecule has 1 saturated heterocycles. The molecule has 12 heavy (non-hydrogen) atoms. The van der Waals surface area contributed by atoms with Crippen molar-refractivity contribution in [2.75, 3.05) is 0 Å². The summed E-state index contributed by atoms with van der Waals surface area (Å²) >= 11 is 0. The van der Waals surface area contributed by atoms with Gasteiger partial charge in [-0.05, 0) is 44.0 Å². The molecule has 0 unspecified atom stereocenters. The molecule has 0 aromatic rings. The van der Waals surface area contributed by atoms with Crippen molar-refractivity contribution in [3.63, 3.8) is 0 Å². The molecule has 0 amide bonds. The van der Waals surface area contributed by atoms with E-state index in [2.05, 4.69) is 12.6 Å². The van der Waals surface area contributed by atoms with Crippen molar-refractivity contribution in [3.05, 3.63) is 11.8 Å². The Morgan fingerprint density at radius 3 is 2.58 bits per heavy atom. The quantitative estimate of drug-likeness (QED) is 0.594. The van der Waals surface area contributed by atoms with Gasteiger partial charge >= 0.3 is 0 Å². The van der Waals surface area contributed by atoms with Crippen LogP contribution in [0.15, 0.2) is 11.8 Å². The molecule has 1 nitrogen and oxygen atoms in total. The van der Waals surface area contributed by atoms with Gasteiger partial charge in [-0.2, -0.15) is 0 Å². The first kappa shape index (κ1) is 8.36. The fraction of sp³-hybridized carbons (Fsp3) is 0.800. The van der Waals surface area contributed by atoms with Gasteiger partial charge in [0.05, 0.1) is 5.76 Å². The van der Waals surface area contributed by atoms with E-state index >= 15 is 0 Å². The van der Waals surface area contributed by atoms with Crippen LogP contribution in [-0.4, -0.2) is 8.32 Å². The van der Waals surface area contributed by atoms with Crippen LogP contribution in [0.1, 0.15) is 32.1 Å². The molecule has 2 heteroatoms. The Balaban J connectivity index is 1.88. The maximum Gasteiger partial charge on any atom is 0.247 e. The van der Waals surface area contributed by atoms with E-state index in [1.807, 2.05) is 0 Å².